The van der Waals surface area contributed by atoms with E-state index in [1.54, 1.807) is 17.4 Å². The van der Waals surface area contributed by atoms with E-state index in [0.717, 1.165) is 21.7 Å². The average Bonchev–Trinajstić information content (AvgIpc) is 3.25. The highest BCUT2D eigenvalue weighted by Gasteiger charge is 2.23. The van der Waals surface area contributed by atoms with E-state index in [2.05, 4.69) is 15.4 Å². The van der Waals surface area contributed by atoms with Gasteiger partial charge in [0.05, 0.1) is 20.5 Å². The lowest BCUT2D eigenvalue weighted by Crippen LogP contribution is -2.28. The number of carbonyl (C=O) groups is 1. The fraction of sp³-hybridized carbons (Fsp3) is 0.385. The van der Waals surface area contributed by atoms with Crippen LogP contribution in [-0.4, -0.2) is 21.8 Å². The number of anilines is 1. The SMILES string of the molecule is CCNS(=O)c1cc(NC(=O)NCc2ccccc2)ccc1-c1sc(C2CCCCC2)nc1C. The van der Waals surface area contributed by atoms with Crippen molar-refractivity contribution in [2.45, 2.75) is 63.3 Å². The van der Waals surface area contributed by atoms with Crippen LogP contribution < -0.4 is 15.4 Å². The van der Waals surface area contributed by atoms with Gasteiger partial charge in [-0.25, -0.2) is 18.7 Å². The maximum absolute atomic E-state index is 13.1. The topological polar surface area (TPSA) is 83.1 Å². The zero-order chi connectivity index (χ0) is 23.9. The molecule has 1 aliphatic carbocycles. The van der Waals surface area contributed by atoms with Crippen LogP contribution in [0.2, 0.25) is 0 Å². The fourth-order valence-corrected chi connectivity index (χ4v) is 6.66. The molecule has 1 aliphatic rings. The molecule has 34 heavy (non-hydrogen) atoms. The Morgan fingerprint density at radius 2 is 1.88 bits per heavy atom. The molecule has 2 aromatic carbocycles. The molecule has 1 saturated carbocycles. The van der Waals surface area contributed by atoms with Crippen molar-refractivity contribution in [3.05, 3.63) is 64.8 Å². The number of benzene rings is 2. The zero-order valence-corrected chi connectivity index (χ0v) is 21.4. The Morgan fingerprint density at radius 3 is 2.62 bits per heavy atom. The predicted octanol–water partition coefficient (Wildman–Crippen LogP) is 6.12. The molecule has 1 unspecified atom stereocenters. The molecule has 4 rings (SSSR count). The number of aryl methyl sites for hydroxylation is 1. The van der Waals surface area contributed by atoms with Crippen molar-refractivity contribution in [1.29, 1.82) is 0 Å². The van der Waals surface area contributed by atoms with Gasteiger partial charge in [-0.3, -0.25) is 0 Å². The number of amides is 2. The molecular formula is C26H32N4O2S2. The van der Waals surface area contributed by atoms with Gasteiger partial charge in [-0.05, 0) is 37.5 Å². The molecule has 2 amide bonds. The third kappa shape index (κ3) is 6.11. The maximum atomic E-state index is 13.1. The molecule has 1 fully saturated rings. The first-order valence-electron chi connectivity index (χ1n) is 11.9. The second-order valence-electron chi connectivity index (χ2n) is 8.57. The first kappa shape index (κ1) is 24.6. The van der Waals surface area contributed by atoms with Crippen LogP contribution >= 0.6 is 11.3 Å². The Bertz CT molecular complexity index is 1140. The predicted molar refractivity (Wildman–Crippen MR) is 140 cm³/mol. The molecule has 0 saturated heterocycles. The van der Waals surface area contributed by atoms with E-state index in [-0.39, 0.29) is 6.03 Å². The van der Waals surface area contributed by atoms with Crippen LogP contribution in [0, 0.1) is 6.92 Å². The van der Waals surface area contributed by atoms with E-state index in [9.17, 15) is 9.00 Å². The Morgan fingerprint density at radius 1 is 1.12 bits per heavy atom. The molecule has 6 nitrogen and oxygen atoms in total. The van der Waals surface area contributed by atoms with Gasteiger partial charge >= 0.3 is 6.03 Å². The van der Waals surface area contributed by atoms with Crippen LogP contribution in [0.5, 0.6) is 0 Å². The second kappa shape index (κ2) is 11.7. The molecule has 0 spiro atoms. The molecule has 0 bridgehead atoms. The summed E-state index contributed by atoms with van der Waals surface area (Å²) in [6, 6.07) is 15.1. The van der Waals surface area contributed by atoms with E-state index in [4.69, 9.17) is 4.98 Å². The van der Waals surface area contributed by atoms with Crippen molar-refractivity contribution in [1.82, 2.24) is 15.0 Å². The Labute approximate surface area is 208 Å². The van der Waals surface area contributed by atoms with Gasteiger partial charge in [0.15, 0.2) is 0 Å². The summed E-state index contributed by atoms with van der Waals surface area (Å²) in [6.07, 6.45) is 6.24. The lowest BCUT2D eigenvalue weighted by atomic mass is 9.90. The van der Waals surface area contributed by atoms with E-state index >= 15 is 0 Å². The highest BCUT2D eigenvalue weighted by molar-refractivity contribution is 7.83. The number of rotatable bonds is 8. The van der Waals surface area contributed by atoms with Crippen molar-refractivity contribution in [2.24, 2.45) is 0 Å². The molecule has 3 N–H and O–H groups in total. The minimum Gasteiger partial charge on any atom is -0.334 e. The number of urea groups is 1. The van der Waals surface area contributed by atoms with Gasteiger partial charge in [-0.15, -0.1) is 11.3 Å². The first-order chi connectivity index (χ1) is 16.5. The smallest absolute Gasteiger partial charge is 0.319 e. The summed E-state index contributed by atoms with van der Waals surface area (Å²) in [7, 11) is -1.40. The van der Waals surface area contributed by atoms with Gasteiger partial charge in [0.1, 0.15) is 11.0 Å². The highest BCUT2D eigenvalue weighted by atomic mass is 32.2. The zero-order valence-electron chi connectivity index (χ0n) is 19.7. The standard InChI is InChI=1S/C26H32N4O2S2/c1-3-28-34(32)23-16-21(30-26(31)27-17-19-10-6-4-7-11-19)14-15-22(23)24-18(2)29-25(33-24)20-12-8-5-9-13-20/h4,6-7,10-11,14-16,20,28H,3,5,8-9,12-13,17H2,1-2H3,(H2,27,30,31). The van der Waals surface area contributed by atoms with Crippen molar-refractivity contribution < 1.29 is 9.00 Å². The molecule has 0 radical (unpaired) electrons. The Hall–Kier alpha value is -2.55. The number of hydrogen-bond donors (Lipinski definition) is 3. The van der Waals surface area contributed by atoms with E-state index in [1.807, 2.05) is 56.3 Å². The van der Waals surface area contributed by atoms with Crippen LogP contribution in [0.3, 0.4) is 0 Å². The third-order valence-corrected chi connectivity index (χ3v) is 8.66. The molecule has 1 aromatic heterocycles. The van der Waals surface area contributed by atoms with Crippen molar-refractivity contribution in [2.75, 3.05) is 11.9 Å². The van der Waals surface area contributed by atoms with Gasteiger partial charge in [0.2, 0.25) is 0 Å². The third-order valence-electron chi connectivity index (χ3n) is 6.02. The molecule has 1 heterocycles. The number of nitrogens with one attached hydrogen (secondary N) is 3. The highest BCUT2D eigenvalue weighted by Crippen LogP contribution is 2.41. The maximum Gasteiger partial charge on any atom is 0.319 e. The first-order valence-corrected chi connectivity index (χ1v) is 13.9. The van der Waals surface area contributed by atoms with Crippen LogP contribution in [0.1, 0.15) is 61.2 Å². The van der Waals surface area contributed by atoms with Gasteiger partial charge < -0.3 is 10.6 Å². The van der Waals surface area contributed by atoms with E-state index < -0.39 is 11.0 Å². The second-order valence-corrected chi connectivity index (χ2v) is 10.9. The van der Waals surface area contributed by atoms with Gasteiger partial charge in [-0.1, -0.05) is 62.6 Å². The molecule has 180 valence electrons. The molecular weight excluding hydrogens is 464 g/mol. The molecule has 8 heteroatoms. The van der Waals surface area contributed by atoms with Crippen LogP contribution in [0.25, 0.3) is 10.4 Å². The monoisotopic (exact) mass is 496 g/mol. The number of thiazole rings is 1. The Balaban J connectivity index is 1.55. The minimum absolute atomic E-state index is 0.301. The van der Waals surface area contributed by atoms with Gasteiger partial charge in [0, 0.05) is 30.3 Å². The van der Waals surface area contributed by atoms with E-state index in [0.29, 0.717) is 29.6 Å². The normalized spacial score (nSPS) is 15.1. The summed E-state index contributed by atoms with van der Waals surface area (Å²) in [5, 5.41) is 6.93. The number of carbonyl (C=O) groups excluding carboxylic acids is 1. The molecule has 0 aliphatic heterocycles. The lowest BCUT2D eigenvalue weighted by molar-refractivity contribution is 0.251. The summed E-state index contributed by atoms with van der Waals surface area (Å²) in [5.41, 5.74) is 3.51. The fourth-order valence-electron chi connectivity index (χ4n) is 4.29. The summed E-state index contributed by atoms with van der Waals surface area (Å²) in [4.78, 5) is 19.1. The van der Waals surface area contributed by atoms with Crippen molar-refractivity contribution >= 4 is 34.0 Å². The summed E-state index contributed by atoms with van der Waals surface area (Å²) in [6.45, 7) is 4.97. The van der Waals surface area contributed by atoms with E-state index in [1.165, 1.54) is 37.1 Å². The summed E-state index contributed by atoms with van der Waals surface area (Å²) < 4.78 is 16.1. The van der Waals surface area contributed by atoms with Crippen LogP contribution in [0.15, 0.2) is 53.4 Å². The van der Waals surface area contributed by atoms with Crippen LogP contribution in [-0.2, 0) is 17.5 Å². The largest absolute Gasteiger partial charge is 0.334 e. The lowest BCUT2D eigenvalue weighted by Gasteiger charge is -2.18. The molecule has 3 aromatic rings. The summed E-state index contributed by atoms with van der Waals surface area (Å²) >= 11 is 1.72. The van der Waals surface area contributed by atoms with Crippen molar-refractivity contribution in [3.8, 4) is 10.4 Å². The molecule has 1 atom stereocenters. The number of nitrogens with zero attached hydrogens (tertiary/aromatic N) is 1. The quantitative estimate of drug-likeness (QED) is 0.351. The minimum atomic E-state index is -1.40. The average molecular weight is 497 g/mol. The number of hydrogen-bond acceptors (Lipinski definition) is 4. The van der Waals surface area contributed by atoms with Gasteiger partial charge in [0.25, 0.3) is 0 Å². The summed E-state index contributed by atoms with van der Waals surface area (Å²) in [5.74, 6) is 0.531. The van der Waals surface area contributed by atoms with Crippen molar-refractivity contribution in [3.63, 3.8) is 0 Å². The van der Waals surface area contributed by atoms with Gasteiger partial charge in [-0.2, -0.15) is 0 Å². The van der Waals surface area contributed by atoms with Crippen LogP contribution in [0.4, 0.5) is 10.5 Å². The Kier molecular flexibility index (Phi) is 8.48. The number of aromatic nitrogens is 1.